The Labute approximate surface area is 277 Å². The second kappa shape index (κ2) is 15.7. The molecule has 0 unspecified atom stereocenters. The molecule has 5 rings (SSSR count). The Balaban J connectivity index is 0.000000352. The van der Waals surface area contributed by atoms with Gasteiger partial charge in [-0.25, -0.2) is 6.07 Å². The van der Waals surface area contributed by atoms with Crippen LogP contribution in [0.15, 0.2) is 72.8 Å². The van der Waals surface area contributed by atoms with E-state index in [2.05, 4.69) is 148 Å². The summed E-state index contributed by atoms with van der Waals surface area (Å²) in [6.07, 6.45) is 2.21. The average Bonchev–Trinajstić information content (AvgIpc) is 3.40. The summed E-state index contributed by atoms with van der Waals surface area (Å²) in [5.41, 5.74) is 14.4. The molecule has 0 saturated heterocycles. The third kappa shape index (κ3) is 10.2. The fourth-order valence-corrected chi connectivity index (χ4v) is 5.19. The first-order chi connectivity index (χ1) is 18.2. The molecule has 0 saturated carbocycles. The minimum Gasteiger partial charge on any atom is -1.00 e. The minimum absolute atomic E-state index is 0. The predicted octanol–water partition coefficient (Wildman–Crippen LogP) is 4.16. The normalized spacial score (nSPS) is 11.4. The first-order valence-corrected chi connectivity index (χ1v) is 15.5. The maximum absolute atomic E-state index is 3.53. The summed E-state index contributed by atoms with van der Waals surface area (Å²) in [6.45, 7) is 22.3. The Morgan fingerprint density at radius 3 is 1.85 bits per heavy atom. The molecule has 0 aromatic heterocycles. The minimum atomic E-state index is 0. The molecule has 4 aromatic carbocycles. The summed E-state index contributed by atoms with van der Waals surface area (Å²) in [5.74, 6) is 0. The van der Waals surface area contributed by atoms with Crippen LogP contribution in [0.1, 0.15) is 99.4 Å². The molecule has 3 heteroatoms. The van der Waals surface area contributed by atoms with Crippen molar-refractivity contribution in [3.8, 4) is 11.1 Å². The van der Waals surface area contributed by atoms with E-state index < -0.39 is 0 Å². The van der Waals surface area contributed by atoms with Crippen LogP contribution in [0.2, 0.25) is 0 Å². The standard InChI is InChI=1S/C21H25.C9H10.C8H11.2ClH.Zr/c1-20(2,3)16-9-7-14-11-15-8-10-17(21(4,5)6)13-19(15)18(14)12-16;1-2-6-9-7-4-3-5-8-9;1-6-4-7(2)8(3)5-6;;;/h7,9-10,12-13H,11H2,1-6H3;3-5,7-8H,2H2,1H3;4-5H,1-3H3;2*1H;/q-1;;-1;;;+2/p-2. The van der Waals surface area contributed by atoms with Crippen LogP contribution in [0.25, 0.3) is 11.1 Å². The van der Waals surface area contributed by atoms with Crippen molar-refractivity contribution in [1.29, 1.82) is 0 Å². The van der Waals surface area contributed by atoms with Gasteiger partial charge in [0.15, 0.2) is 0 Å². The van der Waals surface area contributed by atoms with Gasteiger partial charge in [-0.2, -0.15) is 52.1 Å². The van der Waals surface area contributed by atoms with Gasteiger partial charge in [0, 0.05) is 0 Å². The number of aryl methyl sites for hydroxylation is 3. The molecule has 1 aliphatic rings. The Morgan fingerprint density at radius 2 is 1.39 bits per heavy atom. The SMILES string of the molecule is CC(C)(C)c1c[c-]c2c(c1)-c1cc(C(C)(C)C)ccc1C2.CC[C](=[Zr+2])c1ccccc1.Cc1cc(C)c(C)[cH-]1.[Cl-].[Cl-]. The van der Waals surface area contributed by atoms with E-state index in [9.17, 15) is 0 Å². The van der Waals surface area contributed by atoms with Gasteiger partial charge < -0.3 is 24.8 Å². The fourth-order valence-electron chi connectivity index (χ4n) is 4.78. The van der Waals surface area contributed by atoms with Crippen molar-refractivity contribution in [2.24, 2.45) is 0 Å². The Kier molecular flexibility index (Phi) is 14.3. The molecule has 0 heterocycles. The number of hydrogen-bond acceptors (Lipinski definition) is 0. The van der Waals surface area contributed by atoms with Crippen molar-refractivity contribution in [3.05, 3.63) is 123 Å². The van der Waals surface area contributed by atoms with Crippen molar-refractivity contribution < 1.29 is 49.0 Å². The number of halogens is 2. The number of rotatable bonds is 2. The molecular formula is C38H46Cl2Zr-2. The third-order valence-corrected chi connectivity index (χ3v) is 9.09. The largest absolute Gasteiger partial charge is 1.00 e. The molecule has 0 fully saturated rings. The van der Waals surface area contributed by atoms with E-state index in [-0.39, 0.29) is 35.6 Å². The molecule has 0 radical (unpaired) electrons. The molecule has 218 valence electrons. The zero-order valence-electron chi connectivity index (χ0n) is 26.6. The summed E-state index contributed by atoms with van der Waals surface area (Å²) >= 11 is 1.54. The third-order valence-electron chi connectivity index (χ3n) is 7.51. The number of benzene rings is 3. The van der Waals surface area contributed by atoms with Crippen LogP contribution < -0.4 is 24.8 Å². The van der Waals surface area contributed by atoms with E-state index >= 15 is 0 Å². The molecule has 0 amide bonds. The second-order valence-electron chi connectivity index (χ2n) is 12.9. The van der Waals surface area contributed by atoms with Crippen LogP contribution in [0.3, 0.4) is 0 Å². The first-order valence-electron chi connectivity index (χ1n) is 14.2. The van der Waals surface area contributed by atoms with E-state index in [1.807, 2.05) is 0 Å². The van der Waals surface area contributed by atoms with Crippen molar-refractivity contribution in [1.82, 2.24) is 0 Å². The summed E-state index contributed by atoms with van der Waals surface area (Å²) in [7, 11) is 0. The van der Waals surface area contributed by atoms with E-state index in [1.165, 1.54) is 86.3 Å². The van der Waals surface area contributed by atoms with E-state index in [1.54, 1.807) is 3.21 Å². The van der Waals surface area contributed by atoms with E-state index in [0.29, 0.717) is 0 Å². The zero-order valence-corrected chi connectivity index (χ0v) is 30.6. The van der Waals surface area contributed by atoms with Crippen LogP contribution in [-0.4, -0.2) is 3.21 Å². The molecule has 1 aliphatic carbocycles. The van der Waals surface area contributed by atoms with Crippen molar-refractivity contribution in [2.45, 2.75) is 92.9 Å². The maximum atomic E-state index is 3.53. The van der Waals surface area contributed by atoms with Crippen LogP contribution in [-0.2, 0) is 41.5 Å². The smallest absolute Gasteiger partial charge is 0.0632 e. The van der Waals surface area contributed by atoms with Crippen LogP contribution in [0.4, 0.5) is 0 Å². The topological polar surface area (TPSA) is 0 Å². The van der Waals surface area contributed by atoms with Gasteiger partial charge in [0.05, 0.1) is 0 Å². The Hall–Kier alpha value is -1.66. The summed E-state index contributed by atoms with van der Waals surface area (Å²) < 4.78 is 1.55. The van der Waals surface area contributed by atoms with E-state index in [0.717, 1.165) is 6.42 Å². The van der Waals surface area contributed by atoms with Gasteiger partial charge in [-0.3, -0.25) is 0 Å². The van der Waals surface area contributed by atoms with Crippen LogP contribution in [0.5, 0.6) is 0 Å². The summed E-state index contributed by atoms with van der Waals surface area (Å²) in [5, 5.41) is 0. The molecule has 0 N–H and O–H groups in total. The van der Waals surface area contributed by atoms with Gasteiger partial charge in [0.1, 0.15) is 0 Å². The summed E-state index contributed by atoms with van der Waals surface area (Å²) in [6, 6.07) is 30.1. The second-order valence-corrected chi connectivity index (χ2v) is 14.4. The Morgan fingerprint density at radius 1 is 0.805 bits per heavy atom. The number of hydrogen-bond donors (Lipinski definition) is 0. The molecule has 41 heavy (non-hydrogen) atoms. The maximum Gasteiger partial charge on any atom is -0.0632 e. The van der Waals surface area contributed by atoms with Gasteiger partial charge in [-0.05, 0) is 17.4 Å². The summed E-state index contributed by atoms with van der Waals surface area (Å²) in [4.78, 5) is 0. The van der Waals surface area contributed by atoms with Crippen LogP contribution in [0, 0.1) is 26.8 Å². The Bertz CT molecular complexity index is 1330. The predicted molar refractivity (Wildman–Crippen MR) is 168 cm³/mol. The molecule has 0 spiro atoms. The zero-order chi connectivity index (χ0) is 29.0. The van der Waals surface area contributed by atoms with Gasteiger partial charge >= 0.3 is 76.7 Å². The molecule has 0 nitrogen and oxygen atoms in total. The molecule has 0 bridgehead atoms. The van der Waals surface area contributed by atoms with Crippen LogP contribution >= 0.6 is 0 Å². The van der Waals surface area contributed by atoms with Crippen molar-refractivity contribution in [3.63, 3.8) is 0 Å². The average molecular weight is 665 g/mol. The van der Waals surface area contributed by atoms with Gasteiger partial charge in [0.25, 0.3) is 0 Å². The fraction of sp³-hybridized carbons (Fsp3) is 0.368. The molecule has 0 atom stereocenters. The van der Waals surface area contributed by atoms with Gasteiger partial charge in [-0.15, -0.1) is 5.56 Å². The van der Waals surface area contributed by atoms with Gasteiger partial charge in [0.2, 0.25) is 0 Å². The molecule has 0 aliphatic heterocycles. The molecule has 4 aromatic rings. The van der Waals surface area contributed by atoms with E-state index in [4.69, 9.17) is 0 Å². The molecular weight excluding hydrogens is 619 g/mol. The van der Waals surface area contributed by atoms with Crippen molar-refractivity contribution in [2.75, 3.05) is 0 Å². The van der Waals surface area contributed by atoms with Gasteiger partial charge in [-0.1, -0.05) is 97.1 Å². The first kappa shape index (κ1) is 37.4. The monoisotopic (exact) mass is 662 g/mol. The number of fused-ring (bicyclic) bond motifs is 3. The van der Waals surface area contributed by atoms with Crippen molar-refractivity contribution >= 4 is 3.21 Å². The quantitative estimate of drug-likeness (QED) is 0.249.